The summed E-state index contributed by atoms with van der Waals surface area (Å²) in [6, 6.07) is 15.7. The molecule has 4 rings (SSSR count). The Hall–Kier alpha value is -3.79. The van der Waals surface area contributed by atoms with Gasteiger partial charge in [0.2, 0.25) is 5.91 Å². The number of amides is 1. The van der Waals surface area contributed by atoms with Gasteiger partial charge in [-0.05, 0) is 31.2 Å². The van der Waals surface area contributed by atoms with Crippen LogP contribution in [0.3, 0.4) is 0 Å². The van der Waals surface area contributed by atoms with Crippen molar-refractivity contribution < 1.29 is 14.3 Å². The van der Waals surface area contributed by atoms with E-state index in [1.807, 2.05) is 49.4 Å². The van der Waals surface area contributed by atoms with Gasteiger partial charge < -0.3 is 20.1 Å². The van der Waals surface area contributed by atoms with Crippen molar-refractivity contribution in [3.8, 4) is 17.6 Å². The second-order valence-electron chi connectivity index (χ2n) is 6.38. The van der Waals surface area contributed by atoms with Crippen molar-refractivity contribution in [2.75, 3.05) is 26.0 Å². The van der Waals surface area contributed by atoms with Crippen LogP contribution in [0.15, 0.2) is 42.5 Å². The molecule has 0 spiro atoms. The number of para-hydroxylation sites is 1. The van der Waals surface area contributed by atoms with Crippen molar-refractivity contribution in [2.24, 2.45) is 0 Å². The van der Waals surface area contributed by atoms with Crippen LogP contribution in [0.4, 0.5) is 5.69 Å². The molecule has 0 radical (unpaired) electrons. The molecule has 2 N–H and O–H groups in total. The normalized spacial score (nSPS) is 11.6. The molecule has 1 aromatic heterocycles. The van der Waals surface area contributed by atoms with E-state index < -0.39 is 0 Å². The van der Waals surface area contributed by atoms with Gasteiger partial charge >= 0.3 is 0 Å². The number of fused-ring (bicyclic) bond motifs is 1. The summed E-state index contributed by atoms with van der Waals surface area (Å²) in [5.41, 5.74) is 3.71. The van der Waals surface area contributed by atoms with Gasteiger partial charge in [0.15, 0.2) is 0 Å². The molecule has 3 aromatic rings. The lowest BCUT2D eigenvalue weighted by molar-refractivity contribution is -0.110. The maximum absolute atomic E-state index is 9.54. The van der Waals surface area contributed by atoms with Gasteiger partial charge in [0.1, 0.15) is 29.7 Å². The lowest BCUT2D eigenvalue weighted by atomic mass is 10.1. The van der Waals surface area contributed by atoms with Crippen LogP contribution >= 0.6 is 0 Å². The average Bonchev–Trinajstić information content (AvgIpc) is 3.53. The van der Waals surface area contributed by atoms with Gasteiger partial charge in [0.25, 0.3) is 0 Å². The van der Waals surface area contributed by atoms with E-state index in [-0.39, 0.29) is 12.5 Å². The predicted molar refractivity (Wildman–Crippen MR) is 111 cm³/mol. The molecule has 1 fully saturated rings. The Kier molecular flexibility index (Phi) is 6.15. The van der Waals surface area contributed by atoms with E-state index in [2.05, 4.69) is 21.7 Å². The topological polar surface area (TPSA) is 106 Å². The number of carbonyl (C=O) groups is 1. The monoisotopic (exact) mass is 390 g/mol. The second-order valence-corrected chi connectivity index (χ2v) is 6.38. The van der Waals surface area contributed by atoms with E-state index in [9.17, 15) is 10.1 Å². The highest BCUT2D eigenvalue weighted by Gasteiger charge is 2.15. The Morgan fingerprint density at radius 1 is 1.21 bits per heavy atom. The summed E-state index contributed by atoms with van der Waals surface area (Å²) >= 11 is 0. The minimum absolute atomic E-state index is 0.167. The number of anilines is 1. The van der Waals surface area contributed by atoms with Gasteiger partial charge in [-0.3, -0.25) is 4.79 Å². The number of aryl methyl sites for hydroxylation is 1. The molecule has 2 aromatic carbocycles. The molecule has 0 unspecified atom stereocenters. The van der Waals surface area contributed by atoms with Crippen LogP contribution in [-0.4, -0.2) is 31.6 Å². The minimum atomic E-state index is 0.167. The van der Waals surface area contributed by atoms with Gasteiger partial charge in [-0.2, -0.15) is 5.26 Å². The minimum Gasteiger partial charge on any atom is -0.496 e. The van der Waals surface area contributed by atoms with E-state index in [0.717, 1.165) is 22.3 Å². The Morgan fingerprint density at radius 2 is 1.97 bits per heavy atom. The third-order valence-electron chi connectivity index (χ3n) is 4.39. The highest BCUT2D eigenvalue weighted by atomic mass is 16.5. The Balaban J connectivity index is 0.000000536. The molecule has 0 bridgehead atoms. The third kappa shape index (κ3) is 4.74. The molecule has 1 aliphatic heterocycles. The zero-order valence-corrected chi connectivity index (χ0v) is 16.6. The number of benzene rings is 2. The van der Waals surface area contributed by atoms with Gasteiger partial charge in [0, 0.05) is 18.1 Å². The number of nitrogens with one attached hydrogen (secondary N) is 2. The molecule has 0 saturated carbocycles. The first-order chi connectivity index (χ1) is 14.1. The van der Waals surface area contributed by atoms with Crippen LogP contribution in [-0.2, 0) is 11.4 Å². The number of aromatic nitrogens is 1. The number of nitrogens with zero attached hydrogens (tertiary/aromatic N) is 2. The zero-order chi connectivity index (χ0) is 20.8. The number of hydrogen-bond acceptors (Lipinski definition) is 6. The predicted octanol–water partition coefficient (Wildman–Crippen LogP) is 3.16. The van der Waals surface area contributed by atoms with Gasteiger partial charge in [-0.25, -0.2) is 4.98 Å². The van der Waals surface area contributed by atoms with Crippen LogP contribution in [0.5, 0.6) is 11.5 Å². The van der Waals surface area contributed by atoms with Crippen LogP contribution in [0.25, 0.3) is 10.9 Å². The van der Waals surface area contributed by atoms with Crippen molar-refractivity contribution in [1.82, 2.24) is 10.3 Å². The summed E-state index contributed by atoms with van der Waals surface area (Å²) in [6.45, 7) is 2.76. The number of hydrogen-bond donors (Lipinski definition) is 2. The van der Waals surface area contributed by atoms with Crippen LogP contribution in [0.1, 0.15) is 16.8 Å². The van der Waals surface area contributed by atoms with Crippen molar-refractivity contribution in [1.29, 1.82) is 5.26 Å². The molecule has 1 saturated heterocycles. The van der Waals surface area contributed by atoms with E-state index in [0.29, 0.717) is 29.2 Å². The lowest BCUT2D eigenvalue weighted by Crippen LogP contribution is -2.05. The van der Waals surface area contributed by atoms with Crippen molar-refractivity contribution in [3.05, 3.63) is 59.3 Å². The number of rotatable bonds is 5. The largest absolute Gasteiger partial charge is 0.496 e. The maximum atomic E-state index is 9.54. The Labute approximate surface area is 169 Å². The van der Waals surface area contributed by atoms with Crippen LogP contribution in [0.2, 0.25) is 0 Å². The second kappa shape index (κ2) is 8.93. The summed E-state index contributed by atoms with van der Waals surface area (Å²) in [7, 11) is 3.37. The smallest absolute Gasteiger partial charge is 0.239 e. The number of methoxy groups -OCH3 is 1. The van der Waals surface area contributed by atoms with Gasteiger partial charge in [-0.1, -0.05) is 18.2 Å². The molecule has 0 aliphatic carbocycles. The van der Waals surface area contributed by atoms with Crippen LogP contribution < -0.4 is 20.1 Å². The summed E-state index contributed by atoms with van der Waals surface area (Å²) in [5, 5.41) is 16.0. The molecule has 1 aliphatic rings. The summed E-state index contributed by atoms with van der Waals surface area (Å²) in [6.07, 6.45) is 0. The zero-order valence-electron chi connectivity index (χ0n) is 16.6. The van der Waals surface area contributed by atoms with E-state index in [1.165, 1.54) is 0 Å². The molecule has 148 valence electrons. The molecule has 7 heteroatoms. The Morgan fingerprint density at radius 3 is 2.59 bits per heavy atom. The molecule has 1 amide bonds. The molecule has 29 heavy (non-hydrogen) atoms. The Bertz CT molecular complexity index is 1080. The molecule has 0 atom stereocenters. The number of ether oxygens (including phenoxy) is 2. The quantitative estimate of drug-likeness (QED) is 0.648. The fraction of sp³-hybridized carbons (Fsp3) is 0.227. The lowest BCUT2D eigenvalue weighted by Gasteiger charge is -2.15. The van der Waals surface area contributed by atoms with Crippen LogP contribution in [0, 0.1) is 18.3 Å². The number of nitriles is 1. The summed E-state index contributed by atoms with van der Waals surface area (Å²) in [5.74, 6) is 1.47. The van der Waals surface area contributed by atoms with Crippen molar-refractivity contribution in [3.63, 3.8) is 0 Å². The molecule has 2 heterocycles. The van der Waals surface area contributed by atoms with E-state index in [4.69, 9.17) is 9.47 Å². The SMILES string of the molecule is CNc1ccc(OC)c(COc2cccc3ccc(C)nc23)c1C#N.O=C1CN1. The fourth-order valence-electron chi connectivity index (χ4n) is 2.82. The summed E-state index contributed by atoms with van der Waals surface area (Å²) < 4.78 is 11.4. The fourth-order valence-corrected chi connectivity index (χ4v) is 2.82. The first-order valence-electron chi connectivity index (χ1n) is 9.11. The first-order valence-corrected chi connectivity index (χ1v) is 9.11. The molecular weight excluding hydrogens is 368 g/mol. The number of pyridine rings is 1. The highest BCUT2D eigenvalue weighted by molar-refractivity contribution is 5.91. The highest BCUT2D eigenvalue weighted by Crippen LogP contribution is 2.31. The third-order valence-corrected chi connectivity index (χ3v) is 4.39. The van der Waals surface area contributed by atoms with E-state index in [1.54, 1.807) is 14.2 Å². The van der Waals surface area contributed by atoms with E-state index >= 15 is 0 Å². The van der Waals surface area contributed by atoms with Gasteiger partial charge in [0.05, 0.1) is 30.5 Å². The maximum Gasteiger partial charge on any atom is 0.239 e. The standard InChI is InChI=1S/C20H19N3O2.C2H3NO/c1-13-7-8-14-5-4-6-19(20(14)23-13)25-12-16-15(11-21)17(22-2)9-10-18(16)24-3;4-2-1-3-2/h4-10,22H,12H2,1-3H3;1H2,(H,3,4). The number of carbonyl (C=O) groups excluding carboxylic acids is 1. The van der Waals surface area contributed by atoms with Gasteiger partial charge in [-0.15, -0.1) is 0 Å². The average molecular weight is 390 g/mol. The van der Waals surface area contributed by atoms with Crippen molar-refractivity contribution in [2.45, 2.75) is 13.5 Å². The van der Waals surface area contributed by atoms with Crippen molar-refractivity contribution >= 4 is 22.5 Å². The first kappa shape index (κ1) is 20.0. The molecule has 7 nitrogen and oxygen atoms in total. The molecular formula is C22H22N4O3. The summed E-state index contributed by atoms with van der Waals surface area (Å²) in [4.78, 5) is 14.0.